The number of thiol groups is 1. The van der Waals surface area contributed by atoms with Crippen molar-refractivity contribution in [2.24, 2.45) is 0 Å². The van der Waals surface area contributed by atoms with E-state index in [0.29, 0.717) is 16.1 Å². The number of benzene rings is 2. The first kappa shape index (κ1) is 15.4. The van der Waals surface area contributed by atoms with Gasteiger partial charge in [0.05, 0.1) is 5.69 Å². The Hall–Kier alpha value is -1.99. The summed E-state index contributed by atoms with van der Waals surface area (Å²) in [5.41, 5.74) is 6.70. The third-order valence-corrected chi connectivity index (χ3v) is 4.71. The number of rotatable bonds is 4. The number of para-hydroxylation sites is 1. The minimum Gasteiger partial charge on any atom is -0.397 e. The second kappa shape index (κ2) is 5.79. The number of Topliss-reactive ketones (excluding diaryl/α,β-unsaturated/α-hetero) is 1. The first-order valence-electron chi connectivity index (χ1n) is 6.02. The van der Waals surface area contributed by atoms with Crippen LogP contribution in [-0.4, -0.2) is 14.2 Å². The van der Waals surface area contributed by atoms with E-state index in [2.05, 4.69) is 17.4 Å². The van der Waals surface area contributed by atoms with Crippen molar-refractivity contribution in [2.75, 3.05) is 10.5 Å². The van der Waals surface area contributed by atoms with E-state index in [1.807, 2.05) is 0 Å². The van der Waals surface area contributed by atoms with Gasteiger partial charge in [0.15, 0.2) is 5.78 Å². The minimum atomic E-state index is -3.81. The molecule has 5 nitrogen and oxygen atoms in total. The van der Waals surface area contributed by atoms with Gasteiger partial charge in [-0.25, -0.2) is 8.42 Å². The van der Waals surface area contributed by atoms with Crippen molar-refractivity contribution >= 4 is 39.8 Å². The van der Waals surface area contributed by atoms with E-state index < -0.39 is 10.0 Å². The van der Waals surface area contributed by atoms with Gasteiger partial charge in [0.25, 0.3) is 10.0 Å². The maximum absolute atomic E-state index is 12.3. The SMILES string of the molecule is CC(=O)c1ccc(NS(=O)(=O)c2cccc(S)c2N)cc1. The number of carbonyl (C=O) groups excluding carboxylic acids is 1. The monoisotopic (exact) mass is 322 g/mol. The number of nitrogen functional groups attached to an aromatic ring is 1. The van der Waals surface area contributed by atoms with Gasteiger partial charge in [0.2, 0.25) is 0 Å². The molecule has 0 aromatic heterocycles. The van der Waals surface area contributed by atoms with Crippen molar-refractivity contribution in [3.05, 3.63) is 48.0 Å². The smallest absolute Gasteiger partial charge is 0.263 e. The Morgan fingerprint density at radius 1 is 1.14 bits per heavy atom. The number of sulfonamides is 1. The van der Waals surface area contributed by atoms with E-state index in [1.165, 1.54) is 25.1 Å². The summed E-state index contributed by atoms with van der Waals surface area (Å²) in [6.45, 7) is 1.44. The van der Waals surface area contributed by atoms with Crippen molar-refractivity contribution in [1.29, 1.82) is 0 Å². The molecule has 2 rings (SSSR count). The van der Waals surface area contributed by atoms with Crippen LogP contribution < -0.4 is 10.5 Å². The van der Waals surface area contributed by atoms with E-state index in [9.17, 15) is 13.2 Å². The molecule has 0 saturated carbocycles. The lowest BCUT2D eigenvalue weighted by molar-refractivity contribution is 0.101. The normalized spacial score (nSPS) is 11.1. The number of ketones is 1. The van der Waals surface area contributed by atoms with Gasteiger partial charge in [-0.2, -0.15) is 0 Å². The van der Waals surface area contributed by atoms with Gasteiger partial charge in [0, 0.05) is 16.1 Å². The quantitative estimate of drug-likeness (QED) is 0.458. The highest BCUT2D eigenvalue weighted by molar-refractivity contribution is 7.93. The number of carbonyl (C=O) groups is 1. The maximum atomic E-state index is 12.3. The molecule has 0 heterocycles. The van der Waals surface area contributed by atoms with Gasteiger partial charge >= 0.3 is 0 Å². The van der Waals surface area contributed by atoms with Crippen LogP contribution in [0.5, 0.6) is 0 Å². The van der Waals surface area contributed by atoms with Crippen molar-refractivity contribution in [3.8, 4) is 0 Å². The molecule has 0 fully saturated rings. The highest BCUT2D eigenvalue weighted by Gasteiger charge is 2.18. The maximum Gasteiger partial charge on any atom is 0.263 e. The van der Waals surface area contributed by atoms with Crippen LogP contribution in [0.1, 0.15) is 17.3 Å². The largest absolute Gasteiger partial charge is 0.397 e. The van der Waals surface area contributed by atoms with Crippen LogP contribution in [0.15, 0.2) is 52.3 Å². The number of anilines is 2. The lowest BCUT2D eigenvalue weighted by atomic mass is 10.1. The van der Waals surface area contributed by atoms with Crippen molar-refractivity contribution < 1.29 is 13.2 Å². The summed E-state index contributed by atoms with van der Waals surface area (Å²) < 4.78 is 27.0. The van der Waals surface area contributed by atoms with Crippen molar-refractivity contribution in [3.63, 3.8) is 0 Å². The molecule has 2 aromatic carbocycles. The third-order valence-electron chi connectivity index (χ3n) is 2.88. The zero-order valence-corrected chi connectivity index (χ0v) is 12.9. The molecule has 21 heavy (non-hydrogen) atoms. The molecule has 0 unspecified atom stereocenters. The Morgan fingerprint density at radius 2 is 1.76 bits per heavy atom. The van der Waals surface area contributed by atoms with Gasteiger partial charge < -0.3 is 5.73 Å². The van der Waals surface area contributed by atoms with Gasteiger partial charge in [-0.1, -0.05) is 6.07 Å². The van der Waals surface area contributed by atoms with E-state index in [4.69, 9.17) is 5.73 Å². The number of nitrogens with two attached hydrogens (primary N) is 1. The molecule has 0 aliphatic carbocycles. The Balaban J connectivity index is 2.33. The lowest BCUT2D eigenvalue weighted by Gasteiger charge is -2.11. The van der Waals surface area contributed by atoms with Crippen LogP contribution in [0.2, 0.25) is 0 Å². The molecule has 0 bridgehead atoms. The fourth-order valence-corrected chi connectivity index (χ4v) is 3.25. The van der Waals surface area contributed by atoms with Crippen LogP contribution in [0.4, 0.5) is 11.4 Å². The second-order valence-electron chi connectivity index (χ2n) is 4.43. The van der Waals surface area contributed by atoms with Crippen LogP contribution in [0, 0.1) is 0 Å². The van der Waals surface area contributed by atoms with Crippen molar-refractivity contribution in [1.82, 2.24) is 0 Å². The van der Waals surface area contributed by atoms with E-state index in [-0.39, 0.29) is 16.4 Å². The van der Waals surface area contributed by atoms with Crippen LogP contribution in [0.3, 0.4) is 0 Å². The van der Waals surface area contributed by atoms with Crippen LogP contribution in [0.25, 0.3) is 0 Å². The topological polar surface area (TPSA) is 89.3 Å². The molecule has 7 heteroatoms. The Morgan fingerprint density at radius 3 is 2.33 bits per heavy atom. The molecular weight excluding hydrogens is 308 g/mol. The molecule has 3 N–H and O–H groups in total. The number of nitrogens with one attached hydrogen (secondary N) is 1. The standard InChI is InChI=1S/C14H14N2O3S2/c1-9(17)10-5-7-11(8-6-10)16-21(18,19)13-4-2-3-12(20)14(13)15/h2-8,16,20H,15H2,1H3. The number of hydrogen-bond acceptors (Lipinski definition) is 5. The van der Waals surface area contributed by atoms with Crippen LogP contribution >= 0.6 is 12.6 Å². The zero-order valence-electron chi connectivity index (χ0n) is 11.2. The summed E-state index contributed by atoms with van der Waals surface area (Å²) >= 11 is 4.11. The van der Waals surface area contributed by atoms with Gasteiger partial charge in [-0.3, -0.25) is 9.52 Å². The molecule has 0 aliphatic heterocycles. The Labute approximate surface area is 128 Å². The van der Waals surface area contributed by atoms with Gasteiger partial charge in [-0.15, -0.1) is 12.6 Å². The first-order valence-corrected chi connectivity index (χ1v) is 7.95. The molecule has 110 valence electrons. The summed E-state index contributed by atoms with van der Waals surface area (Å²) in [5.74, 6) is -0.0866. The first-order chi connectivity index (χ1) is 9.81. The average molecular weight is 322 g/mol. The van der Waals surface area contributed by atoms with E-state index >= 15 is 0 Å². The second-order valence-corrected chi connectivity index (χ2v) is 6.56. The summed E-state index contributed by atoms with van der Waals surface area (Å²) in [6, 6.07) is 10.7. The predicted octanol–water partition coefficient (Wildman–Crippen LogP) is 2.56. The molecule has 0 aliphatic rings. The molecule has 0 amide bonds. The Kier molecular flexibility index (Phi) is 4.24. The highest BCUT2D eigenvalue weighted by atomic mass is 32.2. The summed E-state index contributed by atoms with van der Waals surface area (Å²) in [7, 11) is -3.81. The molecule has 0 spiro atoms. The minimum absolute atomic E-state index is 0.0364. The zero-order chi connectivity index (χ0) is 15.6. The molecule has 0 atom stereocenters. The average Bonchev–Trinajstić information content (AvgIpc) is 2.41. The molecule has 2 aromatic rings. The summed E-state index contributed by atoms with van der Waals surface area (Å²) in [5, 5.41) is 0. The highest BCUT2D eigenvalue weighted by Crippen LogP contribution is 2.26. The fourth-order valence-electron chi connectivity index (χ4n) is 1.75. The van der Waals surface area contributed by atoms with E-state index in [0.717, 1.165) is 0 Å². The lowest BCUT2D eigenvalue weighted by Crippen LogP contribution is -2.15. The van der Waals surface area contributed by atoms with Gasteiger partial charge in [0.1, 0.15) is 4.90 Å². The summed E-state index contributed by atoms with van der Waals surface area (Å²) in [6.07, 6.45) is 0. The summed E-state index contributed by atoms with van der Waals surface area (Å²) in [4.78, 5) is 11.5. The molecular formula is C14H14N2O3S2. The van der Waals surface area contributed by atoms with E-state index in [1.54, 1.807) is 24.3 Å². The Bertz CT molecular complexity index is 784. The molecule has 0 saturated heterocycles. The molecule has 0 radical (unpaired) electrons. The van der Waals surface area contributed by atoms with Gasteiger partial charge in [-0.05, 0) is 43.3 Å². The van der Waals surface area contributed by atoms with Crippen molar-refractivity contribution in [2.45, 2.75) is 16.7 Å². The predicted molar refractivity (Wildman–Crippen MR) is 85.4 cm³/mol. The third kappa shape index (κ3) is 3.37. The van der Waals surface area contributed by atoms with Crippen LogP contribution in [-0.2, 0) is 10.0 Å². The number of hydrogen-bond donors (Lipinski definition) is 3. The fraction of sp³-hybridized carbons (Fsp3) is 0.0714.